The molecule has 0 bridgehead atoms. The van der Waals surface area contributed by atoms with Crippen molar-refractivity contribution in [2.45, 2.75) is 57.5 Å². The number of aliphatic hydroxyl groups is 1. The highest BCUT2D eigenvalue weighted by molar-refractivity contribution is 7.09. The first-order valence-electron chi connectivity index (χ1n) is 11.0. The third kappa shape index (κ3) is 6.60. The topological polar surface area (TPSA) is 65.9 Å². The summed E-state index contributed by atoms with van der Waals surface area (Å²) >= 11 is 1.53. The van der Waals surface area contributed by atoms with Gasteiger partial charge in [0.05, 0.1) is 23.8 Å². The molecule has 3 heterocycles. The number of aryl methyl sites for hydroxylation is 1. The van der Waals surface area contributed by atoms with Crippen molar-refractivity contribution in [2.75, 3.05) is 45.9 Å². The molecule has 1 N–H and O–H groups in total. The molecule has 1 amide bonds. The van der Waals surface area contributed by atoms with Crippen LogP contribution in [0.4, 0.5) is 0 Å². The Labute approximate surface area is 178 Å². The number of hydrogen-bond donors (Lipinski definition) is 1. The van der Waals surface area contributed by atoms with Crippen molar-refractivity contribution in [2.24, 2.45) is 0 Å². The number of ether oxygens (including phenoxy) is 1. The Hall–Kier alpha value is -1.28. The summed E-state index contributed by atoms with van der Waals surface area (Å²) in [7, 11) is 0. The Balaban J connectivity index is 1.39. The number of likely N-dealkylation sites (tertiary alicyclic amines) is 1. The number of morpholine rings is 1. The van der Waals surface area contributed by atoms with Crippen molar-refractivity contribution in [3.63, 3.8) is 0 Å². The van der Waals surface area contributed by atoms with Crippen molar-refractivity contribution in [3.05, 3.63) is 28.2 Å². The number of amides is 1. The van der Waals surface area contributed by atoms with Crippen molar-refractivity contribution in [3.8, 4) is 0 Å². The summed E-state index contributed by atoms with van der Waals surface area (Å²) < 4.78 is 6.20. The number of piperidine rings is 1. The maximum atomic E-state index is 12.8. The second-order valence-corrected chi connectivity index (χ2v) is 9.25. The number of aliphatic hydroxyl groups excluding tert-OH is 1. The lowest BCUT2D eigenvalue weighted by Crippen LogP contribution is -2.58. The van der Waals surface area contributed by atoms with Gasteiger partial charge in [0, 0.05) is 38.2 Å². The molecule has 1 spiro atoms. The van der Waals surface area contributed by atoms with Crippen LogP contribution in [0.3, 0.4) is 0 Å². The van der Waals surface area contributed by atoms with E-state index in [1.54, 1.807) is 0 Å². The molecule has 0 saturated carbocycles. The fourth-order valence-electron chi connectivity index (χ4n) is 4.17. The number of hydrogen-bond acceptors (Lipinski definition) is 6. The van der Waals surface area contributed by atoms with Gasteiger partial charge in [-0.1, -0.05) is 18.6 Å². The Kier molecular flexibility index (Phi) is 8.66. The van der Waals surface area contributed by atoms with Gasteiger partial charge in [-0.2, -0.15) is 0 Å². The van der Waals surface area contributed by atoms with E-state index in [4.69, 9.17) is 9.84 Å². The maximum Gasteiger partial charge on any atom is 0.273 e. The minimum atomic E-state index is -0.183. The van der Waals surface area contributed by atoms with Gasteiger partial charge in [0.2, 0.25) is 0 Å². The monoisotopic (exact) mass is 421 g/mol. The number of carbonyl (C=O) groups excluding carboxylic acids is 1. The van der Waals surface area contributed by atoms with Crippen LogP contribution in [0.2, 0.25) is 0 Å². The van der Waals surface area contributed by atoms with E-state index in [1.165, 1.54) is 11.3 Å². The normalized spacial score (nSPS) is 20.0. The fraction of sp³-hybridized carbons (Fsp3) is 0.727. The Morgan fingerprint density at radius 1 is 1.24 bits per heavy atom. The molecule has 0 radical (unpaired) electrons. The van der Waals surface area contributed by atoms with Crippen LogP contribution >= 0.6 is 11.3 Å². The van der Waals surface area contributed by atoms with E-state index in [2.05, 4.69) is 22.0 Å². The molecule has 29 heavy (non-hydrogen) atoms. The zero-order valence-electron chi connectivity index (χ0n) is 17.6. The molecule has 2 fully saturated rings. The van der Waals surface area contributed by atoms with Gasteiger partial charge in [0.1, 0.15) is 5.69 Å². The second kappa shape index (κ2) is 11.2. The molecule has 2 saturated heterocycles. The van der Waals surface area contributed by atoms with E-state index >= 15 is 0 Å². The lowest BCUT2D eigenvalue weighted by atomic mass is 9.89. The van der Waals surface area contributed by atoms with Crippen LogP contribution in [0, 0.1) is 6.92 Å². The molecule has 2 aliphatic heterocycles. The number of allylic oxidation sites excluding steroid dienone is 1. The molecule has 0 aromatic carbocycles. The van der Waals surface area contributed by atoms with E-state index in [-0.39, 0.29) is 11.5 Å². The summed E-state index contributed by atoms with van der Waals surface area (Å²) in [5, 5.41) is 11.6. The number of aromatic nitrogens is 1. The van der Waals surface area contributed by atoms with Crippen LogP contribution in [-0.4, -0.2) is 77.3 Å². The van der Waals surface area contributed by atoms with Crippen LogP contribution < -0.4 is 0 Å². The predicted octanol–water partition coefficient (Wildman–Crippen LogP) is 3.26. The molecule has 0 aliphatic carbocycles. The number of rotatable bonds is 9. The highest BCUT2D eigenvalue weighted by Crippen LogP contribution is 2.31. The van der Waals surface area contributed by atoms with Crippen LogP contribution in [-0.2, 0) is 4.74 Å². The largest absolute Gasteiger partial charge is 0.396 e. The average molecular weight is 422 g/mol. The van der Waals surface area contributed by atoms with Crippen molar-refractivity contribution in [1.82, 2.24) is 14.8 Å². The molecule has 1 aromatic heterocycles. The molecule has 0 atom stereocenters. The minimum Gasteiger partial charge on any atom is -0.396 e. The van der Waals surface area contributed by atoms with Gasteiger partial charge in [0.15, 0.2) is 0 Å². The number of thiazole rings is 1. The molecule has 1 aromatic rings. The number of unbranched alkanes of at least 4 members (excludes halogenated alkanes) is 3. The smallest absolute Gasteiger partial charge is 0.273 e. The Bertz CT molecular complexity index is 668. The first-order chi connectivity index (χ1) is 14.1. The molecule has 0 unspecified atom stereocenters. The van der Waals surface area contributed by atoms with E-state index in [1.807, 2.05) is 17.2 Å². The summed E-state index contributed by atoms with van der Waals surface area (Å²) in [5.41, 5.74) is 0.392. The quantitative estimate of drug-likeness (QED) is 0.490. The molecular formula is C22H35N3O3S. The predicted molar refractivity (Wildman–Crippen MR) is 116 cm³/mol. The van der Waals surface area contributed by atoms with Gasteiger partial charge in [-0.3, -0.25) is 4.79 Å². The summed E-state index contributed by atoms with van der Waals surface area (Å²) in [4.78, 5) is 21.6. The fourth-order valence-corrected chi connectivity index (χ4v) is 4.76. The molecule has 6 nitrogen and oxygen atoms in total. The average Bonchev–Trinajstić information content (AvgIpc) is 3.17. The van der Waals surface area contributed by atoms with Gasteiger partial charge in [-0.25, -0.2) is 4.98 Å². The Morgan fingerprint density at radius 3 is 2.76 bits per heavy atom. The third-order valence-corrected chi connectivity index (χ3v) is 6.72. The second-order valence-electron chi connectivity index (χ2n) is 8.18. The standard InChI is InChI=1S/C22H35N3O3S/c1-19-23-20(17-29-19)21(27)25-14-16-28-22(18-25)9-12-24(13-10-22)11-7-5-3-2-4-6-8-15-26/h3,5,17,26H,2,4,6-16,18H2,1H3/b5-3+. The number of nitrogens with zero attached hydrogens (tertiary/aromatic N) is 3. The lowest BCUT2D eigenvalue weighted by molar-refractivity contribution is -0.127. The van der Waals surface area contributed by atoms with E-state index in [0.29, 0.717) is 32.0 Å². The van der Waals surface area contributed by atoms with Gasteiger partial charge >= 0.3 is 0 Å². The van der Waals surface area contributed by atoms with E-state index in [9.17, 15) is 4.79 Å². The van der Waals surface area contributed by atoms with Gasteiger partial charge < -0.3 is 19.6 Å². The summed E-state index contributed by atoms with van der Waals surface area (Å²) in [6.07, 6.45) is 11.9. The zero-order chi connectivity index (χ0) is 20.5. The van der Waals surface area contributed by atoms with Crippen LogP contribution in [0.5, 0.6) is 0 Å². The third-order valence-electron chi connectivity index (χ3n) is 5.95. The van der Waals surface area contributed by atoms with Crippen LogP contribution in [0.1, 0.15) is 60.4 Å². The molecule has 162 valence electrons. The van der Waals surface area contributed by atoms with Crippen molar-refractivity contribution < 1.29 is 14.6 Å². The van der Waals surface area contributed by atoms with E-state index < -0.39 is 0 Å². The van der Waals surface area contributed by atoms with Crippen LogP contribution in [0.15, 0.2) is 17.5 Å². The minimum absolute atomic E-state index is 0.0450. The summed E-state index contributed by atoms with van der Waals surface area (Å²) in [6, 6.07) is 0. The summed E-state index contributed by atoms with van der Waals surface area (Å²) in [6.45, 7) is 7.35. The van der Waals surface area contributed by atoms with E-state index in [0.717, 1.165) is 69.6 Å². The molecular weight excluding hydrogens is 386 g/mol. The lowest BCUT2D eigenvalue weighted by Gasteiger charge is -2.47. The summed E-state index contributed by atoms with van der Waals surface area (Å²) in [5.74, 6) is 0.0450. The van der Waals surface area contributed by atoms with Crippen molar-refractivity contribution in [1.29, 1.82) is 0 Å². The first kappa shape index (κ1) is 22.4. The molecule has 2 aliphatic rings. The SMILES string of the molecule is Cc1nc(C(=O)N2CCOC3(CCN(CC/C=C/CCCCCO)CC3)C2)cs1. The van der Waals surface area contributed by atoms with Gasteiger partial charge in [-0.15, -0.1) is 11.3 Å². The molecule has 3 rings (SSSR count). The first-order valence-corrected chi connectivity index (χ1v) is 11.8. The van der Waals surface area contributed by atoms with Gasteiger partial charge in [-0.05, 0) is 45.4 Å². The molecule has 7 heteroatoms. The number of carbonyl (C=O) groups is 1. The van der Waals surface area contributed by atoms with Gasteiger partial charge in [0.25, 0.3) is 5.91 Å². The van der Waals surface area contributed by atoms with Crippen LogP contribution in [0.25, 0.3) is 0 Å². The Morgan fingerprint density at radius 2 is 2.03 bits per heavy atom. The highest BCUT2D eigenvalue weighted by Gasteiger charge is 2.41. The maximum absolute atomic E-state index is 12.8. The highest BCUT2D eigenvalue weighted by atomic mass is 32.1. The zero-order valence-corrected chi connectivity index (χ0v) is 18.5. The van der Waals surface area contributed by atoms with Crippen molar-refractivity contribution >= 4 is 17.2 Å².